The van der Waals surface area contributed by atoms with E-state index in [2.05, 4.69) is 24.2 Å². The molecule has 1 aliphatic rings. The van der Waals surface area contributed by atoms with Gasteiger partial charge in [0.2, 0.25) is 0 Å². The highest BCUT2D eigenvalue weighted by molar-refractivity contribution is 7.91. The van der Waals surface area contributed by atoms with Gasteiger partial charge in [-0.1, -0.05) is 6.92 Å². The Bertz CT molecular complexity index is 277. The third-order valence-corrected chi connectivity index (χ3v) is 4.65. The average Bonchev–Trinajstić information content (AvgIpc) is 2.46. The van der Waals surface area contributed by atoms with Crippen molar-refractivity contribution in [1.82, 2.24) is 10.2 Å². The van der Waals surface area contributed by atoms with Crippen molar-refractivity contribution in [3.05, 3.63) is 0 Å². The van der Waals surface area contributed by atoms with Crippen LogP contribution in [0.1, 0.15) is 13.3 Å². The summed E-state index contributed by atoms with van der Waals surface area (Å²) in [7, 11) is -0.651. The van der Waals surface area contributed by atoms with E-state index in [-0.39, 0.29) is 0 Å². The van der Waals surface area contributed by atoms with E-state index in [1.165, 1.54) is 0 Å². The fourth-order valence-electron chi connectivity index (χ4n) is 1.99. The Kier molecular flexibility index (Phi) is 5.02. The molecule has 0 aromatic carbocycles. The summed E-state index contributed by atoms with van der Waals surface area (Å²) >= 11 is 0. The van der Waals surface area contributed by atoms with E-state index in [9.17, 15) is 8.42 Å². The van der Waals surface area contributed by atoms with Gasteiger partial charge in [0.25, 0.3) is 0 Å². The van der Waals surface area contributed by atoms with E-state index >= 15 is 0 Å². The third kappa shape index (κ3) is 4.95. The molecule has 15 heavy (non-hydrogen) atoms. The molecule has 1 atom stereocenters. The van der Waals surface area contributed by atoms with Gasteiger partial charge in [0.1, 0.15) is 0 Å². The number of hydrogen-bond donors (Lipinski definition) is 1. The molecule has 0 aromatic heterocycles. The molecule has 0 amide bonds. The van der Waals surface area contributed by atoms with Crippen LogP contribution >= 0.6 is 0 Å². The molecule has 0 aliphatic carbocycles. The van der Waals surface area contributed by atoms with Crippen molar-refractivity contribution >= 4 is 9.84 Å². The van der Waals surface area contributed by atoms with Crippen molar-refractivity contribution in [3.63, 3.8) is 0 Å². The average molecular weight is 234 g/mol. The number of nitrogens with one attached hydrogen (secondary N) is 1. The first-order valence-electron chi connectivity index (χ1n) is 5.63. The van der Waals surface area contributed by atoms with Crippen LogP contribution in [0.25, 0.3) is 0 Å². The number of nitrogens with zero attached hydrogens (tertiary/aromatic N) is 1. The lowest BCUT2D eigenvalue weighted by atomic mass is 10.1. The molecule has 0 aromatic rings. The summed E-state index contributed by atoms with van der Waals surface area (Å²) in [6, 6.07) is 0. The van der Waals surface area contributed by atoms with Gasteiger partial charge in [-0.3, -0.25) is 0 Å². The Morgan fingerprint density at radius 1 is 1.47 bits per heavy atom. The minimum absolute atomic E-state index is 0.349. The number of sulfone groups is 1. The van der Waals surface area contributed by atoms with Gasteiger partial charge < -0.3 is 10.2 Å². The van der Waals surface area contributed by atoms with Crippen molar-refractivity contribution in [2.45, 2.75) is 13.3 Å². The predicted molar refractivity (Wildman–Crippen MR) is 62.8 cm³/mol. The summed E-state index contributed by atoms with van der Waals surface area (Å²) in [6.07, 6.45) is 0.841. The number of rotatable bonds is 6. The molecule has 90 valence electrons. The Hall–Kier alpha value is -0.130. The second kappa shape index (κ2) is 5.82. The zero-order chi connectivity index (χ0) is 11.3. The summed E-state index contributed by atoms with van der Waals surface area (Å²) in [5.41, 5.74) is 0. The Morgan fingerprint density at radius 2 is 2.20 bits per heavy atom. The molecular formula is C10H22N2O2S. The fraction of sp³-hybridized carbons (Fsp3) is 1.00. The minimum Gasteiger partial charge on any atom is -0.316 e. The lowest BCUT2D eigenvalue weighted by Gasteiger charge is -2.19. The normalized spacial score (nSPS) is 24.9. The van der Waals surface area contributed by atoms with Crippen molar-refractivity contribution in [1.29, 1.82) is 0 Å². The maximum Gasteiger partial charge on any atom is 0.150 e. The summed E-state index contributed by atoms with van der Waals surface area (Å²) in [5.74, 6) is 1.12. The van der Waals surface area contributed by atoms with Crippen molar-refractivity contribution in [2.75, 3.05) is 44.7 Å². The molecule has 0 spiro atoms. The van der Waals surface area contributed by atoms with E-state index in [0.717, 1.165) is 32.6 Å². The molecule has 1 N–H and O–H groups in total. The highest BCUT2D eigenvalue weighted by atomic mass is 32.2. The molecule has 1 rings (SSSR count). The van der Waals surface area contributed by atoms with Gasteiger partial charge in [0.05, 0.1) is 11.5 Å². The quantitative estimate of drug-likeness (QED) is 0.655. The third-order valence-electron chi connectivity index (χ3n) is 2.82. The van der Waals surface area contributed by atoms with E-state index in [0.29, 0.717) is 17.4 Å². The van der Waals surface area contributed by atoms with E-state index in [1.54, 1.807) is 0 Å². The first-order valence-corrected chi connectivity index (χ1v) is 7.45. The molecule has 1 heterocycles. The summed E-state index contributed by atoms with van der Waals surface area (Å²) in [4.78, 5) is 2.22. The minimum atomic E-state index is -2.71. The van der Waals surface area contributed by atoms with Crippen LogP contribution in [0.2, 0.25) is 0 Å². The van der Waals surface area contributed by atoms with Gasteiger partial charge in [-0.25, -0.2) is 8.42 Å². The molecule has 0 radical (unpaired) electrons. The number of hydrogen-bond acceptors (Lipinski definition) is 4. The van der Waals surface area contributed by atoms with E-state index in [4.69, 9.17) is 0 Å². The lowest BCUT2D eigenvalue weighted by molar-refractivity contribution is 0.288. The highest BCUT2D eigenvalue weighted by Gasteiger charge is 2.28. The summed E-state index contributed by atoms with van der Waals surface area (Å²) in [6.45, 7) is 5.96. The van der Waals surface area contributed by atoms with Crippen LogP contribution in [-0.2, 0) is 9.84 Å². The van der Waals surface area contributed by atoms with Crippen LogP contribution in [0.3, 0.4) is 0 Å². The van der Waals surface area contributed by atoms with Crippen LogP contribution in [0.4, 0.5) is 0 Å². The smallest absolute Gasteiger partial charge is 0.150 e. The van der Waals surface area contributed by atoms with Crippen LogP contribution in [0.5, 0.6) is 0 Å². The number of likely N-dealkylation sites (N-methyl/N-ethyl adjacent to an activating group) is 2. The first kappa shape index (κ1) is 12.9. The first-order chi connectivity index (χ1) is 7.03. The molecule has 1 unspecified atom stereocenters. The van der Waals surface area contributed by atoms with Gasteiger partial charge in [0.15, 0.2) is 9.84 Å². The van der Waals surface area contributed by atoms with E-state index in [1.807, 2.05) is 0 Å². The van der Waals surface area contributed by atoms with Gasteiger partial charge in [-0.15, -0.1) is 0 Å². The summed E-state index contributed by atoms with van der Waals surface area (Å²) in [5, 5.41) is 3.26. The van der Waals surface area contributed by atoms with Gasteiger partial charge in [-0.05, 0) is 25.9 Å². The maximum absolute atomic E-state index is 11.3. The summed E-state index contributed by atoms with van der Waals surface area (Å²) < 4.78 is 22.5. The highest BCUT2D eigenvalue weighted by Crippen LogP contribution is 2.18. The van der Waals surface area contributed by atoms with Gasteiger partial charge in [0, 0.05) is 19.6 Å². The molecule has 1 saturated heterocycles. The molecular weight excluding hydrogens is 212 g/mol. The Labute approximate surface area is 93.0 Å². The topological polar surface area (TPSA) is 49.4 Å². The molecule has 5 heteroatoms. The Morgan fingerprint density at radius 3 is 2.73 bits per heavy atom. The lowest BCUT2D eigenvalue weighted by Crippen LogP contribution is -2.33. The van der Waals surface area contributed by atoms with Crippen LogP contribution < -0.4 is 5.32 Å². The van der Waals surface area contributed by atoms with Gasteiger partial charge in [-0.2, -0.15) is 0 Å². The fourth-order valence-corrected chi connectivity index (χ4v) is 3.84. The Balaban J connectivity index is 2.19. The van der Waals surface area contributed by atoms with Crippen LogP contribution in [0.15, 0.2) is 0 Å². The van der Waals surface area contributed by atoms with Crippen molar-refractivity contribution in [2.24, 2.45) is 5.92 Å². The second-order valence-corrected chi connectivity index (χ2v) is 6.61. The molecule has 1 fully saturated rings. The molecule has 0 bridgehead atoms. The van der Waals surface area contributed by atoms with Crippen molar-refractivity contribution in [3.8, 4) is 0 Å². The largest absolute Gasteiger partial charge is 0.316 e. The van der Waals surface area contributed by atoms with Crippen LogP contribution in [-0.4, -0.2) is 58.1 Å². The van der Waals surface area contributed by atoms with E-state index < -0.39 is 9.84 Å². The van der Waals surface area contributed by atoms with Crippen LogP contribution in [0, 0.1) is 5.92 Å². The molecule has 0 saturated carbocycles. The molecule has 1 aliphatic heterocycles. The SMILES string of the molecule is CCNCCN(C)CC1CCS(=O)(=O)C1. The predicted octanol–water partition coefficient (Wildman–Crippen LogP) is -0.0376. The second-order valence-electron chi connectivity index (χ2n) is 4.38. The monoisotopic (exact) mass is 234 g/mol. The van der Waals surface area contributed by atoms with Crippen molar-refractivity contribution < 1.29 is 8.42 Å². The molecule has 4 nitrogen and oxygen atoms in total. The maximum atomic E-state index is 11.3. The standard InChI is InChI=1S/C10H22N2O2S/c1-3-11-5-6-12(2)8-10-4-7-15(13,14)9-10/h10-11H,3-9H2,1-2H3. The zero-order valence-electron chi connectivity index (χ0n) is 9.70. The zero-order valence-corrected chi connectivity index (χ0v) is 10.5. The van der Waals surface area contributed by atoms with Gasteiger partial charge >= 0.3 is 0 Å².